The number of esters is 1. The molecule has 0 saturated heterocycles. The number of nitrogens with one attached hydrogen (secondary N) is 1. The molecule has 0 aliphatic carbocycles. The van der Waals surface area contributed by atoms with Gasteiger partial charge in [-0.05, 0) is 62.7 Å². The first-order chi connectivity index (χ1) is 17.6. The van der Waals surface area contributed by atoms with Crippen molar-refractivity contribution < 1.29 is 32.2 Å². The Morgan fingerprint density at radius 3 is 2.22 bits per heavy atom. The van der Waals surface area contributed by atoms with Gasteiger partial charge in [-0.15, -0.1) is 0 Å². The van der Waals surface area contributed by atoms with E-state index in [2.05, 4.69) is 5.32 Å². The van der Waals surface area contributed by atoms with Crippen molar-refractivity contribution >= 4 is 33.3 Å². The Balaban J connectivity index is 1.99. The monoisotopic (exact) mass is 526 g/mol. The highest BCUT2D eigenvalue weighted by atomic mass is 32.2. The van der Waals surface area contributed by atoms with Crippen LogP contribution >= 0.6 is 0 Å². The van der Waals surface area contributed by atoms with Gasteiger partial charge < -0.3 is 19.5 Å². The zero-order valence-electron chi connectivity index (χ0n) is 21.4. The van der Waals surface area contributed by atoms with Crippen LogP contribution in [-0.2, 0) is 19.6 Å². The van der Waals surface area contributed by atoms with Crippen molar-refractivity contribution in [3.63, 3.8) is 0 Å². The maximum Gasteiger partial charge on any atom is 0.338 e. The minimum absolute atomic E-state index is 0.0289. The highest BCUT2D eigenvalue weighted by molar-refractivity contribution is 7.92. The SMILES string of the molecule is CCOC(=O)c1cccc(NC(=O)CN(c2ccc(OC)c(OC)c2)S(=O)(=O)c2ccc(C)cc2)c1C. The standard InChI is InChI=1S/C27H30N2O7S/c1-6-36-27(31)22-8-7-9-23(19(22)3)28-26(30)17-29(20-12-15-24(34-4)25(16-20)35-5)37(32,33)21-13-10-18(2)11-14-21/h7-16H,6,17H2,1-5H3,(H,28,30). The number of carbonyl (C=O) groups excluding carboxylic acids is 2. The molecule has 3 aromatic carbocycles. The van der Waals surface area contributed by atoms with Crippen LogP contribution in [0.25, 0.3) is 0 Å². The minimum atomic E-state index is -4.14. The van der Waals surface area contributed by atoms with Crippen LogP contribution in [0.15, 0.2) is 65.6 Å². The molecule has 0 radical (unpaired) electrons. The molecule has 0 aliphatic heterocycles. The van der Waals surface area contributed by atoms with E-state index in [1.54, 1.807) is 50.2 Å². The van der Waals surface area contributed by atoms with Gasteiger partial charge in [-0.1, -0.05) is 23.8 Å². The Morgan fingerprint density at radius 2 is 1.59 bits per heavy atom. The molecule has 1 amide bonds. The average molecular weight is 527 g/mol. The molecule has 0 aromatic heterocycles. The van der Waals surface area contributed by atoms with Crippen LogP contribution in [0.3, 0.4) is 0 Å². The number of methoxy groups -OCH3 is 2. The minimum Gasteiger partial charge on any atom is -0.493 e. The Kier molecular flexibility index (Phi) is 8.77. The van der Waals surface area contributed by atoms with Gasteiger partial charge in [0.25, 0.3) is 10.0 Å². The van der Waals surface area contributed by atoms with Gasteiger partial charge >= 0.3 is 5.97 Å². The molecule has 3 aromatic rings. The summed E-state index contributed by atoms with van der Waals surface area (Å²) in [5, 5.41) is 2.72. The summed E-state index contributed by atoms with van der Waals surface area (Å²) in [4.78, 5) is 25.5. The van der Waals surface area contributed by atoms with E-state index in [1.165, 1.54) is 38.5 Å². The summed E-state index contributed by atoms with van der Waals surface area (Å²) >= 11 is 0. The van der Waals surface area contributed by atoms with Gasteiger partial charge in [-0.3, -0.25) is 9.10 Å². The predicted molar refractivity (Wildman–Crippen MR) is 141 cm³/mol. The van der Waals surface area contributed by atoms with Crippen molar-refractivity contribution in [3.8, 4) is 11.5 Å². The summed E-state index contributed by atoms with van der Waals surface area (Å²) in [5.41, 5.74) is 2.30. The third kappa shape index (κ3) is 6.21. The fourth-order valence-corrected chi connectivity index (χ4v) is 5.07. The zero-order chi connectivity index (χ0) is 27.2. The van der Waals surface area contributed by atoms with Gasteiger partial charge in [0.05, 0.1) is 37.0 Å². The van der Waals surface area contributed by atoms with Gasteiger partial charge in [0.1, 0.15) is 6.54 Å². The molecule has 0 saturated carbocycles. The highest BCUT2D eigenvalue weighted by Gasteiger charge is 2.28. The van der Waals surface area contributed by atoms with Gasteiger partial charge in [-0.2, -0.15) is 0 Å². The molecule has 0 aliphatic rings. The summed E-state index contributed by atoms with van der Waals surface area (Å²) in [7, 11) is -1.23. The summed E-state index contributed by atoms with van der Waals surface area (Å²) in [6.45, 7) is 4.91. The van der Waals surface area contributed by atoms with Crippen LogP contribution in [-0.4, -0.2) is 47.7 Å². The topological polar surface area (TPSA) is 111 Å². The Morgan fingerprint density at radius 1 is 0.919 bits per heavy atom. The highest BCUT2D eigenvalue weighted by Crippen LogP contribution is 2.34. The molecule has 9 nitrogen and oxygen atoms in total. The number of ether oxygens (including phenoxy) is 3. The third-order valence-electron chi connectivity index (χ3n) is 5.65. The maximum absolute atomic E-state index is 13.7. The molecule has 37 heavy (non-hydrogen) atoms. The quantitative estimate of drug-likeness (QED) is 0.392. The lowest BCUT2D eigenvalue weighted by atomic mass is 10.1. The second-order valence-electron chi connectivity index (χ2n) is 8.11. The second kappa shape index (κ2) is 11.8. The van der Waals surface area contributed by atoms with Gasteiger partial charge in [0.15, 0.2) is 11.5 Å². The summed E-state index contributed by atoms with van der Waals surface area (Å²) < 4.78 is 44.0. The number of hydrogen-bond acceptors (Lipinski definition) is 7. The molecule has 3 rings (SSSR count). The van der Waals surface area contributed by atoms with Crippen LogP contribution in [0.1, 0.15) is 28.4 Å². The number of aryl methyl sites for hydroxylation is 1. The average Bonchev–Trinajstić information content (AvgIpc) is 2.88. The maximum atomic E-state index is 13.7. The van der Waals surface area contributed by atoms with Gasteiger partial charge in [0, 0.05) is 11.8 Å². The number of sulfonamides is 1. The van der Waals surface area contributed by atoms with E-state index in [0.717, 1.165) is 9.87 Å². The number of benzene rings is 3. The Bertz CT molecular complexity index is 1390. The van der Waals surface area contributed by atoms with E-state index in [9.17, 15) is 18.0 Å². The summed E-state index contributed by atoms with van der Waals surface area (Å²) in [5.74, 6) is -0.392. The molecular weight excluding hydrogens is 496 g/mol. The molecule has 10 heteroatoms. The van der Waals surface area contributed by atoms with Crippen molar-refractivity contribution in [2.45, 2.75) is 25.7 Å². The molecule has 0 heterocycles. The van der Waals surface area contributed by atoms with Crippen LogP contribution in [0.5, 0.6) is 11.5 Å². The van der Waals surface area contributed by atoms with Crippen LogP contribution in [0.4, 0.5) is 11.4 Å². The fourth-order valence-electron chi connectivity index (χ4n) is 3.65. The van der Waals surface area contributed by atoms with E-state index in [-0.39, 0.29) is 17.2 Å². The third-order valence-corrected chi connectivity index (χ3v) is 7.44. The molecule has 0 unspecified atom stereocenters. The van der Waals surface area contributed by atoms with E-state index < -0.39 is 28.4 Å². The summed E-state index contributed by atoms with van der Waals surface area (Å²) in [6, 6.07) is 15.8. The number of rotatable bonds is 10. The molecule has 1 N–H and O–H groups in total. The van der Waals surface area contributed by atoms with E-state index in [4.69, 9.17) is 14.2 Å². The zero-order valence-corrected chi connectivity index (χ0v) is 22.2. The normalized spacial score (nSPS) is 10.9. The first-order valence-electron chi connectivity index (χ1n) is 11.5. The number of anilines is 2. The summed E-state index contributed by atoms with van der Waals surface area (Å²) in [6.07, 6.45) is 0. The van der Waals surface area contributed by atoms with E-state index >= 15 is 0 Å². The fraction of sp³-hybridized carbons (Fsp3) is 0.259. The lowest BCUT2D eigenvalue weighted by Gasteiger charge is -2.25. The number of hydrogen-bond donors (Lipinski definition) is 1. The lowest BCUT2D eigenvalue weighted by Crippen LogP contribution is -2.38. The van der Waals surface area contributed by atoms with Crippen LogP contribution < -0.4 is 19.1 Å². The Labute approximate surface area is 217 Å². The van der Waals surface area contributed by atoms with E-state index in [1.807, 2.05) is 6.92 Å². The van der Waals surface area contributed by atoms with Gasteiger partial charge in [-0.25, -0.2) is 13.2 Å². The largest absolute Gasteiger partial charge is 0.493 e. The van der Waals surface area contributed by atoms with E-state index in [0.29, 0.717) is 28.3 Å². The molecule has 196 valence electrons. The molecule has 0 atom stereocenters. The molecule has 0 spiro atoms. The number of carbonyl (C=O) groups is 2. The second-order valence-corrected chi connectivity index (χ2v) is 9.97. The van der Waals surface area contributed by atoms with Gasteiger partial charge in [0.2, 0.25) is 5.91 Å². The number of amides is 1. The smallest absolute Gasteiger partial charge is 0.338 e. The predicted octanol–water partition coefficient (Wildman–Crippen LogP) is 4.33. The van der Waals surface area contributed by atoms with Crippen molar-refractivity contribution in [2.24, 2.45) is 0 Å². The van der Waals surface area contributed by atoms with Crippen molar-refractivity contribution in [1.82, 2.24) is 0 Å². The first-order valence-corrected chi connectivity index (χ1v) is 12.9. The van der Waals surface area contributed by atoms with Crippen LogP contribution in [0.2, 0.25) is 0 Å². The van der Waals surface area contributed by atoms with Crippen molar-refractivity contribution in [3.05, 3.63) is 77.4 Å². The molecular formula is C27H30N2O7S. The molecule has 0 fully saturated rings. The lowest BCUT2D eigenvalue weighted by molar-refractivity contribution is -0.114. The van der Waals surface area contributed by atoms with Crippen LogP contribution in [0, 0.1) is 13.8 Å². The van der Waals surface area contributed by atoms with Crippen molar-refractivity contribution in [2.75, 3.05) is 37.0 Å². The van der Waals surface area contributed by atoms with Crippen molar-refractivity contribution in [1.29, 1.82) is 0 Å². The Hall–Kier alpha value is -4.05. The first kappa shape index (κ1) is 27.5. The number of nitrogens with zero attached hydrogens (tertiary/aromatic N) is 1. The molecule has 0 bridgehead atoms.